The van der Waals surface area contributed by atoms with Gasteiger partial charge in [-0.25, -0.2) is 4.79 Å². The molecule has 1 heterocycles. The van der Waals surface area contributed by atoms with Crippen LogP contribution in [-0.4, -0.2) is 36.9 Å². The van der Waals surface area contributed by atoms with Crippen molar-refractivity contribution in [1.29, 1.82) is 0 Å². The van der Waals surface area contributed by atoms with Gasteiger partial charge in [0.25, 0.3) is 0 Å². The first kappa shape index (κ1) is 28.7. The summed E-state index contributed by atoms with van der Waals surface area (Å²) in [4.78, 5) is 13.5. The number of carbonyl (C=O) groups is 1. The normalized spacial score (nSPS) is 13.0. The van der Waals surface area contributed by atoms with Crippen LogP contribution in [0.4, 0.5) is 11.4 Å². The van der Waals surface area contributed by atoms with Crippen molar-refractivity contribution in [3.63, 3.8) is 0 Å². The summed E-state index contributed by atoms with van der Waals surface area (Å²) < 4.78 is 17.3. The lowest BCUT2D eigenvalue weighted by atomic mass is 10.1. The zero-order valence-corrected chi connectivity index (χ0v) is 22.9. The molecule has 0 radical (unpaired) electrons. The quantitative estimate of drug-likeness (QED) is 0.230. The number of nitrogens with two attached hydrogens (primary N) is 1. The summed E-state index contributed by atoms with van der Waals surface area (Å²) in [5, 5.41) is 9.24. The van der Waals surface area contributed by atoms with Gasteiger partial charge in [-0.2, -0.15) is 0 Å². The van der Waals surface area contributed by atoms with Crippen LogP contribution in [0.5, 0.6) is 17.2 Å². The lowest BCUT2D eigenvalue weighted by Crippen LogP contribution is -2.26. The molecular weight excluding hydrogens is 504 g/mol. The molecule has 0 fully saturated rings. The van der Waals surface area contributed by atoms with Crippen LogP contribution in [0.25, 0.3) is 0 Å². The van der Waals surface area contributed by atoms with E-state index in [1.54, 1.807) is 6.92 Å². The molecule has 0 bridgehead atoms. The van der Waals surface area contributed by atoms with E-state index in [0.29, 0.717) is 26.2 Å². The van der Waals surface area contributed by atoms with Crippen LogP contribution < -0.4 is 20.1 Å². The fourth-order valence-corrected chi connectivity index (χ4v) is 4.39. The average molecular weight is 541 g/mol. The Labute approximate surface area is 235 Å². The Bertz CT molecular complexity index is 1310. The second-order valence-electron chi connectivity index (χ2n) is 9.37. The Morgan fingerprint density at radius 2 is 1.45 bits per heavy atom. The standard InChI is InChI=1S/C25H25NO5.C8H11N/c1-2-29-24(25(27)28)17-18-11-13-19(14-12-18)30-16-15-26-20-7-3-5-9-22(20)31-23-10-6-4-8-21(23)26;1-7(9)8-5-3-2-4-6-8/h3-14,24H,2,15-17H2,1H3,(H,27,28);2-7H,9H2,1H3. The van der Waals surface area contributed by atoms with Crippen LogP contribution in [0.3, 0.4) is 0 Å². The van der Waals surface area contributed by atoms with E-state index in [0.717, 1.165) is 34.2 Å². The average Bonchev–Trinajstić information content (AvgIpc) is 2.98. The zero-order valence-electron chi connectivity index (χ0n) is 22.9. The highest BCUT2D eigenvalue weighted by molar-refractivity contribution is 5.77. The lowest BCUT2D eigenvalue weighted by Gasteiger charge is -2.32. The van der Waals surface area contributed by atoms with Crippen LogP contribution in [0.1, 0.15) is 31.0 Å². The Hall–Kier alpha value is -4.33. The van der Waals surface area contributed by atoms with Gasteiger partial charge in [-0.3, -0.25) is 0 Å². The third-order valence-corrected chi connectivity index (χ3v) is 6.43. The van der Waals surface area contributed by atoms with Crippen LogP contribution in [0, 0.1) is 0 Å². The SMILES string of the molecule is CC(N)c1ccccc1.CCOC(Cc1ccc(OCCN2c3ccccc3Oc3ccccc32)cc1)C(=O)O. The summed E-state index contributed by atoms with van der Waals surface area (Å²) in [6, 6.07) is 33.6. The summed E-state index contributed by atoms with van der Waals surface area (Å²) in [5.74, 6) is 1.44. The molecular formula is C33H36N2O5. The summed E-state index contributed by atoms with van der Waals surface area (Å²) in [6.07, 6.45) is -0.511. The van der Waals surface area contributed by atoms with E-state index in [1.807, 2.05) is 110 Å². The molecule has 0 aromatic heterocycles. The maximum absolute atomic E-state index is 11.3. The number of hydrogen-bond donors (Lipinski definition) is 2. The first-order chi connectivity index (χ1) is 19.5. The summed E-state index contributed by atoms with van der Waals surface area (Å²) in [5.41, 5.74) is 9.72. The van der Waals surface area contributed by atoms with E-state index in [-0.39, 0.29) is 6.04 Å². The van der Waals surface area contributed by atoms with Crippen molar-refractivity contribution in [3.05, 3.63) is 114 Å². The summed E-state index contributed by atoms with van der Waals surface area (Å²) in [6.45, 7) is 5.28. The van der Waals surface area contributed by atoms with Crippen molar-refractivity contribution in [1.82, 2.24) is 0 Å². The molecule has 0 saturated heterocycles. The second kappa shape index (κ2) is 14.2. The van der Waals surface area contributed by atoms with Crippen molar-refractivity contribution in [3.8, 4) is 17.2 Å². The third kappa shape index (κ3) is 7.62. The van der Waals surface area contributed by atoms with Crippen LogP contribution in [0.15, 0.2) is 103 Å². The molecule has 0 spiro atoms. The van der Waals surface area contributed by atoms with Gasteiger partial charge in [-0.15, -0.1) is 0 Å². The third-order valence-electron chi connectivity index (χ3n) is 6.43. The molecule has 1 aliphatic heterocycles. The number of para-hydroxylation sites is 4. The predicted octanol–water partition coefficient (Wildman–Crippen LogP) is 6.75. The minimum absolute atomic E-state index is 0.159. The minimum atomic E-state index is -0.951. The highest BCUT2D eigenvalue weighted by Crippen LogP contribution is 2.45. The summed E-state index contributed by atoms with van der Waals surface area (Å²) >= 11 is 0. The van der Waals surface area contributed by atoms with Gasteiger partial charge in [0.1, 0.15) is 12.4 Å². The number of benzene rings is 4. The highest BCUT2D eigenvalue weighted by atomic mass is 16.5. The number of fused-ring (bicyclic) bond motifs is 2. The number of rotatable bonds is 10. The van der Waals surface area contributed by atoms with Gasteiger partial charge in [0, 0.05) is 19.1 Å². The molecule has 7 nitrogen and oxygen atoms in total. The lowest BCUT2D eigenvalue weighted by molar-refractivity contribution is -0.149. The van der Waals surface area contributed by atoms with E-state index >= 15 is 0 Å². The molecule has 0 saturated carbocycles. The molecule has 40 heavy (non-hydrogen) atoms. The largest absolute Gasteiger partial charge is 0.492 e. The first-order valence-corrected chi connectivity index (χ1v) is 13.5. The Morgan fingerprint density at radius 1 is 0.875 bits per heavy atom. The molecule has 4 aromatic carbocycles. The second-order valence-corrected chi connectivity index (χ2v) is 9.37. The fourth-order valence-electron chi connectivity index (χ4n) is 4.39. The minimum Gasteiger partial charge on any atom is -0.492 e. The van der Waals surface area contributed by atoms with Crippen molar-refractivity contribution >= 4 is 17.3 Å². The van der Waals surface area contributed by atoms with E-state index in [1.165, 1.54) is 5.56 Å². The van der Waals surface area contributed by atoms with Gasteiger partial charge in [0.2, 0.25) is 0 Å². The number of nitrogens with zero attached hydrogens (tertiary/aromatic N) is 1. The van der Waals surface area contributed by atoms with E-state index in [4.69, 9.17) is 19.9 Å². The topological polar surface area (TPSA) is 94.3 Å². The molecule has 7 heteroatoms. The molecule has 5 rings (SSSR count). The first-order valence-electron chi connectivity index (χ1n) is 13.5. The molecule has 2 atom stereocenters. The monoisotopic (exact) mass is 540 g/mol. The van der Waals surface area contributed by atoms with Gasteiger partial charge in [-0.05, 0) is 61.4 Å². The molecule has 1 aliphatic rings. The van der Waals surface area contributed by atoms with Crippen molar-refractivity contribution < 1.29 is 24.1 Å². The molecule has 0 aliphatic carbocycles. The van der Waals surface area contributed by atoms with Crippen LogP contribution in [0.2, 0.25) is 0 Å². The van der Waals surface area contributed by atoms with E-state index in [9.17, 15) is 9.90 Å². The zero-order chi connectivity index (χ0) is 28.3. The Morgan fingerprint density at radius 3 is 1.98 bits per heavy atom. The maximum atomic E-state index is 11.3. The Balaban J connectivity index is 0.000000350. The van der Waals surface area contributed by atoms with Gasteiger partial charge in [0.05, 0.1) is 17.9 Å². The van der Waals surface area contributed by atoms with Crippen molar-refractivity contribution in [2.45, 2.75) is 32.4 Å². The van der Waals surface area contributed by atoms with Crippen LogP contribution in [-0.2, 0) is 16.0 Å². The number of aliphatic carboxylic acids is 1. The number of hydrogen-bond acceptors (Lipinski definition) is 6. The van der Waals surface area contributed by atoms with Crippen molar-refractivity contribution in [2.24, 2.45) is 5.73 Å². The molecule has 2 unspecified atom stereocenters. The van der Waals surface area contributed by atoms with E-state index < -0.39 is 12.1 Å². The van der Waals surface area contributed by atoms with Crippen molar-refractivity contribution in [2.75, 3.05) is 24.7 Å². The maximum Gasteiger partial charge on any atom is 0.333 e. The highest BCUT2D eigenvalue weighted by Gasteiger charge is 2.23. The molecule has 208 valence electrons. The number of carboxylic acid groups (broad SMARTS) is 1. The van der Waals surface area contributed by atoms with Gasteiger partial charge in [-0.1, -0.05) is 66.7 Å². The summed E-state index contributed by atoms with van der Waals surface area (Å²) in [7, 11) is 0. The smallest absolute Gasteiger partial charge is 0.333 e. The van der Waals surface area contributed by atoms with Crippen LogP contribution >= 0.6 is 0 Å². The number of anilines is 2. The van der Waals surface area contributed by atoms with Gasteiger partial charge < -0.3 is 30.0 Å². The molecule has 3 N–H and O–H groups in total. The predicted molar refractivity (Wildman–Crippen MR) is 158 cm³/mol. The van der Waals surface area contributed by atoms with Gasteiger partial charge in [0.15, 0.2) is 17.6 Å². The van der Waals surface area contributed by atoms with E-state index in [2.05, 4.69) is 4.90 Å². The number of carboxylic acids is 1. The Kier molecular flexibility index (Phi) is 10.2. The molecule has 0 amide bonds. The molecule has 4 aromatic rings. The number of ether oxygens (including phenoxy) is 3. The fraction of sp³-hybridized carbons (Fsp3) is 0.242. The van der Waals surface area contributed by atoms with Gasteiger partial charge >= 0.3 is 5.97 Å².